The second-order valence-electron chi connectivity index (χ2n) is 7.69. The van der Waals surface area contributed by atoms with E-state index in [9.17, 15) is 20.1 Å². The maximum absolute atomic E-state index is 14.0. The second-order valence-corrected chi connectivity index (χ2v) is 8.10. The molecule has 2 spiro atoms. The molecule has 3 aliphatic rings. The lowest BCUT2D eigenvalue weighted by Crippen LogP contribution is -2.64. The zero-order chi connectivity index (χ0) is 21.5. The van der Waals surface area contributed by atoms with Gasteiger partial charge in [0.1, 0.15) is 4.99 Å². The first-order chi connectivity index (χ1) is 14.3. The largest absolute Gasteiger partial charge is 0.358 e. The van der Waals surface area contributed by atoms with E-state index in [2.05, 4.69) is 5.32 Å². The average Bonchev–Trinajstić information content (AvgIpc) is 3.24. The fourth-order valence-electron chi connectivity index (χ4n) is 5.43. The van der Waals surface area contributed by atoms with Crippen molar-refractivity contribution < 1.29 is 9.59 Å². The van der Waals surface area contributed by atoms with Crippen LogP contribution in [0.1, 0.15) is 11.1 Å². The first-order valence-electron chi connectivity index (χ1n) is 9.25. The molecule has 2 amide bonds. The summed E-state index contributed by atoms with van der Waals surface area (Å²) in [5.41, 5.74) is -3.54. The van der Waals surface area contributed by atoms with Crippen LogP contribution >= 0.6 is 12.2 Å². The first kappa shape index (κ1) is 18.3. The van der Waals surface area contributed by atoms with E-state index in [1.54, 1.807) is 62.6 Å². The predicted octanol–water partition coefficient (Wildman–Crippen LogP) is 1.74. The molecule has 7 nitrogen and oxygen atoms in total. The number of thiocarbonyl (C=S) groups is 1. The maximum Gasteiger partial charge on any atom is 0.258 e. The summed E-state index contributed by atoms with van der Waals surface area (Å²) in [6.45, 7) is 0. The fraction of sp³-hybridized carbons (Fsp3) is 0.227. The molecular formula is C22H15N5O2S. The minimum atomic E-state index is -2.06. The lowest BCUT2D eigenvalue weighted by molar-refractivity contribution is -0.135. The Hall–Kier alpha value is -3.75. The Kier molecular flexibility index (Phi) is 3.32. The molecular weight excluding hydrogens is 398 g/mol. The molecule has 1 saturated heterocycles. The number of fused-ring (bicyclic) bond motifs is 5. The molecule has 0 aromatic heterocycles. The van der Waals surface area contributed by atoms with Crippen LogP contribution in [-0.4, -0.2) is 30.9 Å². The van der Waals surface area contributed by atoms with E-state index in [1.807, 2.05) is 12.1 Å². The molecule has 1 fully saturated rings. The molecule has 3 aliphatic heterocycles. The number of benzene rings is 2. The molecule has 2 atom stereocenters. The van der Waals surface area contributed by atoms with Gasteiger partial charge in [-0.25, -0.2) is 0 Å². The smallest absolute Gasteiger partial charge is 0.258 e. The van der Waals surface area contributed by atoms with Crippen LogP contribution in [0.2, 0.25) is 0 Å². The highest BCUT2D eigenvalue weighted by atomic mass is 32.1. The average molecular weight is 413 g/mol. The third-order valence-electron chi connectivity index (χ3n) is 6.69. The molecule has 8 heteroatoms. The number of hydrogen-bond acceptors (Lipinski definition) is 5. The van der Waals surface area contributed by atoms with Crippen molar-refractivity contribution in [1.82, 2.24) is 5.32 Å². The van der Waals surface area contributed by atoms with Crippen molar-refractivity contribution in [2.45, 2.75) is 11.0 Å². The van der Waals surface area contributed by atoms with E-state index in [0.29, 0.717) is 22.5 Å². The number of anilines is 2. The highest BCUT2D eigenvalue weighted by Gasteiger charge is 2.84. The number of amides is 2. The highest BCUT2D eigenvalue weighted by molar-refractivity contribution is 7.80. The zero-order valence-corrected chi connectivity index (χ0v) is 16.9. The molecule has 30 heavy (non-hydrogen) atoms. The van der Waals surface area contributed by atoms with E-state index < -0.39 is 28.2 Å². The normalized spacial score (nSPS) is 27.8. The standard InChI is InChI=1S/C22H15N5O2S/c1-26-15-9-5-3-7-13(15)21(18(26)28)20(11-23,12-24)17(30)25-22(21)14-8-4-6-10-16(14)27(2)19(22)29/h3-10H,1-2H3,(H,25,30)/t21-,22+/m0/s1. The third-order valence-corrected chi connectivity index (χ3v) is 7.10. The van der Waals surface area contributed by atoms with Crippen LogP contribution in [0.4, 0.5) is 11.4 Å². The van der Waals surface area contributed by atoms with Gasteiger partial charge in [-0.05, 0) is 17.7 Å². The molecule has 2 aromatic carbocycles. The number of nitriles is 2. The van der Waals surface area contributed by atoms with Crippen molar-refractivity contribution in [3.05, 3.63) is 59.7 Å². The molecule has 5 rings (SSSR count). The Labute approximate surface area is 178 Å². The second kappa shape index (κ2) is 5.44. The third kappa shape index (κ3) is 1.51. The SMILES string of the molecule is CN1C(=O)[C@]2(NC(=S)C(C#N)(C#N)[C@]23C(=O)N(C)c2ccccc23)c2ccccc21. The molecule has 2 aromatic rings. The van der Waals surface area contributed by atoms with Crippen LogP contribution in [0.3, 0.4) is 0 Å². The number of para-hydroxylation sites is 2. The van der Waals surface area contributed by atoms with Gasteiger partial charge in [0.2, 0.25) is 11.3 Å². The van der Waals surface area contributed by atoms with Crippen molar-refractivity contribution in [3.63, 3.8) is 0 Å². The van der Waals surface area contributed by atoms with E-state index in [1.165, 1.54) is 9.80 Å². The summed E-state index contributed by atoms with van der Waals surface area (Å²) in [5, 5.41) is 23.6. The maximum atomic E-state index is 14.0. The number of likely N-dealkylation sites (N-methyl/N-ethyl adjacent to an activating group) is 2. The highest BCUT2D eigenvalue weighted by Crippen LogP contribution is 2.66. The van der Waals surface area contributed by atoms with Crippen LogP contribution in [0.5, 0.6) is 0 Å². The van der Waals surface area contributed by atoms with Crippen LogP contribution in [-0.2, 0) is 20.5 Å². The Bertz CT molecular complexity index is 1260. The van der Waals surface area contributed by atoms with Gasteiger partial charge < -0.3 is 15.1 Å². The summed E-state index contributed by atoms with van der Waals surface area (Å²) >= 11 is 5.51. The summed E-state index contributed by atoms with van der Waals surface area (Å²) in [6, 6.07) is 18.1. The zero-order valence-electron chi connectivity index (χ0n) is 16.1. The number of nitrogens with one attached hydrogen (secondary N) is 1. The van der Waals surface area contributed by atoms with E-state index in [4.69, 9.17) is 12.2 Å². The molecule has 146 valence electrons. The van der Waals surface area contributed by atoms with Crippen molar-refractivity contribution in [1.29, 1.82) is 10.5 Å². The molecule has 1 N–H and O–H groups in total. The molecule has 0 bridgehead atoms. The summed E-state index contributed by atoms with van der Waals surface area (Å²) in [7, 11) is 3.20. The van der Waals surface area contributed by atoms with Gasteiger partial charge in [-0.3, -0.25) is 9.59 Å². The van der Waals surface area contributed by atoms with E-state index in [-0.39, 0.29) is 4.99 Å². The van der Waals surface area contributed by atoms with Gasteiger partial charge in [0, 0.05) is 31.0 Å². The first-order valence-corrected chi connectivity index (χ1v) is 9.66. The number of rotatable bonds is 0. The van der Waals surface area contributed by atoms with Crippen LogP contribution in [0.25, 0.3) is 0 Å². The number of nitrogens with zero attached hydrogens (tertiary/aromatic N) is 4. The minimum absolute atomic E-state index is 0.121. The number of carbonyl (C=O) groups excluding carboxylic acids is 2. The quantitative estimate of drug-likeness (QED) is 0.661. The van der Waals surface area contributed by atoms with Crippen LogP contribution in [0.15, 0.2) is 48.5 Å². The van der Waals surface area contributed by atoms with E-state index >= 15 is 0 Å². The van der Waals surface area contributed by atoms with Gasteiger partial charge in [-0.2, -0.15) is 10.5 Å². The Balaban J connectivity index is 2.04. The van der Waals surface area contributed by atoms with Gasteiger partial charge in [0.05, 0.1) is 12.1 Å². The lowest BCUT2D eigenvalue weighted by atomic mass is 9.54. The topological polar surface area (TPSA) is 100 Å². The molecule has 3 heterocycles. The van der Waals surface area contributed by atoms with Crippen LogP contribution in [0, 0.1) is 28.1 Å². The predicted molar refractivity (Wildman–Crippen MR) is 112 cm³/mol. The minimum Gasteiger partial charge on any atom is -0.358 e. The van der Waals surface area contributed by atoms with Crippen molar-refractivity contribution in [3.8, 4) is 12.1 Å². The Morgan fingerprint density at radius 2 is 1.37 bits per heavy atom. The number of carbonyl (C=O) groups is 2. The van der Waals surface area contributed by atoms with Crippen LogP contribution < -0.4 is 15.1 Å². The molecule has 0 radical (unpaired) electrons. The summed E-state index contributed by atoms with van der Waals surface area (Å²) < 4.78 is 0. The molecule has 0 unspecified atom stereocenters. The van der Waals surface area contributed by atoms with Crippen molar-refractivity contribution >= 4 is 40.4 Å². The fourth-order valence-corrected chi connectivity index (χ4v) is 5.83. The Morgan fingerprint density at radius 3 is 1.97 bits per heavy atom. The van der Waals surface area contributed by atoms with Crippen molar-refractivity contribution in [2.75, 3.05) is 23.9 Å². The number of hydrogen-bond donors (Lipinski definition) is 1. The van der Waals surface area contributed by atoms with Gasteiger partial charge in [0.25, 0.3) is 5.91 Å². The van der Waals surface area contributed by atoms with Gasteiger partial charge in [-0.15, -0.1) is 0 Å². The van der Waals surface area contributed by atoms with Gasteiger partial charge in [-0.1, -0.05) is 48.6 Å². The van der Waals surface area contributed by atoms with Crippen molar-refractivity contribution in [2.24, 2.45) is 5.41 Å². The summed E-state index contributed by atoms with van der Waals surface area (Å²) in [6.07, 6.45) is 0. The lowest BCUT2D eigenvalue weighted by Gasteiger charge is -2.41. The van der Waals surface area contributed by atoms with Gasteiger partial charge >= 0.3 is 0 Å². The molecule has 0 saturated carbocycles. The Morgan fingerprint density at radius 1 is 0.867 bits per heavy atom. The van der Waals surface area contributed by atoms with Gasteiger partial charge in [0.15, 0.2) is 11.0 Å². The summed E-state index contributed by atoms with van der Waals surface area (Å²) in [5.74, 6) is -0.950. The molecule has 0 aliphatic carbocycles. The monoisotopic (exact) mass is 413 g/mol. The summed E-state index contributed by atoms with van der Waals surface area (Å²) in [4.78, 5) is 30.7. The van der Waals surface area contributed by atoms with E-state index in [0.717, 1.165) is 0 Å².